The van der Waals surface area contributed by atoms with Crippen LogP contribution in [0.5, 0.6) is 0 Å². The number of ether oxygens (including phenoxy) is 3. The molecule has 1 aliphatic rings. The van der Waals surface area contributed by atoms with Crippen molar-refractivity contribution >= 4 is 32.2 Å². The summed E-state index contributed by atoms with van der Waals surface area (Å²) in [5.74, 6) is -5.95. The molecule has 0 radical (unpaired) electrons. The number of carbonyl (C=O) groups is 4. The van der Waals surface area contributed by atoms with Crippen molar-refractivity contribution in [2.24, 2.45) is 0 Å². The summed E-state index contributed by atoms with van der Waals surface area (Å²) in [6, 6.07) is 0. The van der Waals surface area contributed by atoms with Crippen molar-refractivity contribution in [2.45, 2.75) is 89.1 Å². The first-order valence-corrected chi connectivity index (χ1v) is 15.0. The average Bonchev–Trinajstić information content (AvgIpc) is 3.13. The molecule has 1 aliphatic heterocycles. The number of carboxylic acid groups (broad SMARTS) is 2. The normalized spacial score (nSPS) is 21.4. The largest absolute Gasteiger partial charge is 0.481 e. The van der Waals surface area contributed by atoms with Crippen LogP contribution in [0.2, 0.25) is 18.1 Å². The van der Waals surface area contributed by atoms with Gasteiger partial charge in [0.15, 0.2) is 26.8 Å². The molecule has 16 heteroatoms. The molecule has 1 fully saturated rings. The minimum atomic E-state index is -2.43. The number of hydrogen-bond donors (Lipinski definition) is 3. The van der Waals surface area contributed by atoms with Crippen LogP contribution in [-0.2, 0) is 37.8 Å². The summed E-state index contributed by atoms with van der Waals surface area (Å²) in [5.41, 5.74) is -2.43. The number of aliphatic carboxylic acids is 2. The Morgan fingerprint density at radius 1 is 1.00 bits per heavy atom. The molecule has 0 saturated carbocycles. The van der Waals surface area contributed by atoms with Gasteiger partial charge in [0.05, 0.1) is 38.5 Å². The Morgan fingerprint density at radius 3 is 2.00 bits per heavy atom. The van der Waals surface area contributed by atoms with Gasteiger partial charge < -0.3 is 28.8 Å². The molecular weight excluding hydrogens is 543 g/mol. The molecule has 0 unspecified atom stereocenters. The predicted molar refractivity (Wildman–Crippen MR) is 132 cm³/mol. The number of H-pyrrole nitrogens is 1. The van der Waals surface area contributed by atoms with Gasteiger partial charge in [-0.2, -0.15) is 4.39 Å². The second kappa shape index (κ2) is 12.7. The first-order valence-electron chi connectivity index (χ1n) is 12.1. The Morgan fingerprint density at radius 2 is 1.51 bits per heavy atom. The van der Waals surface area contributed by atoms with E-state index in [1.54, 1.807) is 4.98 Å². The highest BCUT2D eigenvalue weighted by Gasteiger charge is 2.52. The summed E-state index contributed by atoms with van der Waals surface area (Å²) in [6.07, 6.45) is -7.63. The van der Waals surface area contributed by atoms with E-state index in [0.717, 1.165) is 0 Å². The zero-order valence-corrected chi connectivity index (χ0v) is 23.2. The van der Waals surface area contributed by atoms with Crippen LogP contribution in [0.1, 0.15) is 52.7 Å². The number of nitrogens with one attached hydrogen (secondary N) is 1. The smallest absolute Gasteiger partial charge is 0.330 e. The average molecular weight is 577 g/mol. The number of nitrogens with zero attached hydrogens (tertiary/aromatic N) is 1. The molecule has 0 bridgehead atoms. The zero-order chi connectivity index (χ0) is 29.7. The maximum atomic E-state index is 14.1. The number of halogens is 1. The van der Waals surface area contributed by atoms with E-state index in [-0.39, 0.29) is 11.6 Å². The Balaban J connectivity index is 2.51. The predicted octanol–water partition coefficient (Wildman–Crippen LogP) is 1.15. The number of aromatic amines is 1. The molecule has 1 saturated heterocycles. The molecule has 1 aromatic rings. The maximum absolute atomic E-state index is 14.1. The number of hydrogen-bond acceptors (Lipinski definition) is 10. The van der Waals surface area contributed by atoms with Gasteiger partial charge in [-0.3, -0.25) is 33.5 Å². The first kappa shape index (κ1) is 31.8. The first-order chi connectivity index (χ1) is 17.9. The van der Waals surface area contributed by atoms with Crippen molar-refractivity contribution in [3.05, 3.63) is 32.9 Å². The van der Waals surface area contributed by atoms with Crippen LogP contribution in [0.3, 0.4) is 0 Å². The number of rotatable bonds is 12. The van der Waals surface area contributed by atoms with E-state index in [2.05, 4.69) is 0 Å². The van der Waals surface area contributed by atoms with Crippen LogP contribution < -0.4 is 11.2 Å². The van der Waals surface area contributed by atoms with Crippen LogP contribution in [0.4, 0.5) is 4.39 Å². The third-order valence-corrected chi connectivity index (χ3v) is 11.0. The molecule has 39 heavy (non-hydrogen) atoms. The van der Waals surface area contributed by atoms with Gasteiger partial charge in [0.25, 0.3) is 5.56 Å². The molecule has 0 amide bonds. The fraction of sp³-hybridized carbons (Fsp3) is 0.652. The van der Waals surface area contributed by atoms with Crippen molar-refractivity contribution in [3.8, 4) is 0 Å². The topological polar surface area (TPSA) is 201 Å². The molecule has 2 rings (SSSR count). The number of aromatic nitrogens is 2. The van der Waals surface area contributed by atoms with Crippen LogP contribution >= 0.6 is 0 Å². The Kier molecular flexibility index (Phi) is 10.3. The summed E-state index contributed by atoms with van der Waals surface area (Å²) >= 11 is 0. The van der Waals surface area contributed by atoms with Gasteiger partial charge >= 0.3 is 29.6 Å². The molecule has 3 N–H and O–H groups in total. The molecular formula is C23H33FN2O12Si. The van der Waals surface area contributed by atoms with E-state index in [1.165, 1.54) is 0 Å². The third-order valence-electron chi connectivity index (χ3n) is 6.52. The summed E-state index contributed by atoms with van der Waals surface area (Å²) in [4.78, 5) is 72.7. The van der Waals surface area contributed by atoms with Gasteiger partial charge in [0.2, 0.25) is 5.82 Å². The van der Waals surface area contributed by atoms with Gasteiger partial charge in [-0.1, -0.05) is 20.8 Å². The highest BCUT2D eigenvalue weighted by molar-refractivity contribution is 6.74. The highest BCUT2D eigenvalue weighted by Crippen LogP contribution is 2.39. The van der Waals surface area contributed by atoms with Gasteiger partial charge in [-0.25, -0.2) is 4.79 Å². The Bertz CT molecular complexity index is 1200. The molecule has 218 valence electrons. The van der Waals surface area contributed by atoms with Gasteiger partial charge in [-0.15, -0.1) is 0 Å². The van der Waals surface area contributed by atoms with Crippen LogP contribution in [0, 0.1) is 5.82 Å². The van der Waals surface area contributed by atoms with Crippen molar-refractivity contribution in [3.63, 3.8) is 0 Å². The minimum Gasteiger partial charge on any atom is -0.481 e. The molecule has 0 spiro atoms. The van der Waals surface area contributed by atoms with E-state index in [9.17, 15) is 33.2 Å². The number of carboxylic acids is 2. The lowest BCUT2D eigenvalue weighted by Crippen LogP contribution is -2.46. The van der Waals surface area contributed by atoms with Crippen molar-refractivity contribution < 1.29 is 52.4 Å². The summed E-state index contributed by atoms with van der Waals surface area (Å²) in [7, 11) is -2.43. The van der Waals surface area contributed by atoms with E-state index < -0.39 is 99.5 Å². The van der Waals surface area contributed by atoms with E-state index in [4.69, 9.17) is 28.8 Å². The fourth-order valence-electron chi connectivity index (χ4n) is 3.33. The van der Waals surface area contributed by atoms with Crippen molar-refractivity contribution in [2.75, 3.05) is 6.61 Å². The van der Waals surface area contributed by atoms with Crippen molar-refractivity contribution in [1.29, 1.82) is 0 Å². The molecule has 14 nitrogen and oxygen atoms in total. The second-order valence-electron chi connectivity index (χ2n) is 10.5. The van der Waals surface area contributed by atoms with Gasteiger partial charge in [-0.05, 0) is 18.1 Å². The summed E-state index contributed by atoms with van der Waals surface area (Å²) in [5, 5.41) is 17.5. The lowest BCUT2D eigenvalue weighted by atomic mass is 10.1. The number of esters is 2. The van der Waals surface area contributed by atoms with Crippen LogP contribution in [0.15, 0.2) is 15.8 Å². The van der Waals surface area contributed by atoms with Gasteiger partial charge in [0, 0.05) is 0 Å². The molecule has 2 heterocycles. The fourth-order valence-corrected chi connectivity index (χ4v) is 4.34. The van der Waals surface area contributed by atoms with E-state index in [1.807, 2.05) is 33.9 Å². The standard InChI is InChI=1S/C23H33FN2O12Si/c1-23(2,3)39(4,5)35-11-13-18(37-16(31)8-6-14(27)28)19(38-17(32)9-7-15(29)30)21(36-13)26-10-12(24)20(33)25-22(26)34/h10,13,18-19,21H,6-9,11H2,1-5H3,(H,27,28)(H,29,30)(H,25,33,34)/t13-,18-,19-,21-/m1/s1. The van der Waals surface area contributed by atoms with Crippen LogP contribution in [0.25, 0.3) is 0 Å². The van der Waals surface area contributed by atoms with Gasteiger partial charge in [0.1, 0.15) is 6.10 Å². The zero-order valence-electron chi connectivity index (χ0n) is 22.2. The number of carbonyl (C=O) groups excluding carboxylic acids is 2. The molecule has 1 aromatic heterocycles. The van der Waals surface area contributed by atoms with Crippen molar-refractivity contribution in [1.82, 2.24) is 9.55 Å². The Hall–Kier alpha value is -3.37. The lowest BCUT2D eigenvalue weighted by molar-refractivity contribution is -0.169. The lowest BCUT2D eigenvalue weighted by Gasteiger charge is -2.37. The molecule has 0 aliphatic carbocycles. The van der Waals surface area contributed by atoms with Crippen LogP contribution in [-0.4, -0.2) is 76.9 Å². The highest BCUT2D eigenvalue weighted by atomic mass is 28.4. The Labute approximate surface area is 223 Å². The SMILES string of the molecule is CC(C)(C)[Si](C)(C)OC[C@H]1O[C@@H](n2cc(F)c(=O)[nH]c2=O)[C@H](OC(=O)CCC(=O)O)[C@@H]1OC(=O)CCC(=O)O. The summed E-state index contributed by atoms with van der Waals surface area (Å²) in [6.45, 7) is 9.55. The van der Waals surface area contributed by atoms with E-state index >= 15 is 0 Å². The maximum Gasteiger partial charge on any atom is 0.330 e. The monoisotopic (exact) mass is 576 g/mol. The molecule has 4 atom stereocenters. The summed E-state index contributed by atoms with van der Waals surface area (Å²) < 4.78 is 37.6. The third kappa shape index (κ3) is 8.56. The quantitative estimate of drug-likeness (QED) is 0.237. The van der Waals surface area contributed by atoms with E-state index in [0.29, 0.717) is 10.8 Å². The molecule has 0 aromatic carbocycles. The minimum absolute atomic E-state index is 0.215. The second-order valence-corrected chi connectivity index (χ2v) is 15.3.